The van der Waals surface area contributed by atoms with Gasteiger partial charge in [0.1, 0.15) is 0 Å². The monoisotopic (exact) mass is 486 g/mol. The Kier molecular flexibility index (Phi) is 8.40. The molecule has 0 bridgehead atoms. The Morgan fingerprint density at radius 3 is 2.42 bits per heavy atom. The van der Waals surface area contributed by atoms with Gasteiger partial charge >= 0.3 is 0 Å². The first kappa shape index (κ1) is 25.0. The van der Waals surface area contributed by atoms with Gasteiger partial charge in [0.2, 0.25) is 5.91 Å². The number of para-hydroxylation sites is 1. The third-order valence-corrected chi connectivity index (χ3v) is 8.09. The molecule has 5 heteroatoms. The van der Waals surface area contributed by atoms with E-state index >= 15 is 0 Å². The molecule has 36 heavy (non-hydrogen) atoms. The van der Waals surface area contributed by atoms with E-state index in [9.17, 15) is 4.79 Å². The van der Waals surface area contributed by atoms with Crippen molar-refractivity contribution >= 4 is 16.8 Å². The molecule has 0 atom stereocenters. The van der Waals surface area contributed by atoms with Crippen molar-refractivity contribution in [3.05, 3.63) is 71.4 Å². The standard InChI is InChI=1S/C31H42N4O/c1-25-9-8-10-26(21-25)23-35-29(22-28-11-4-5-12-30(28)35)24-34-18-13-27(14-19-34)31(36)32-15-20-33-16-6-2-3-7-17-33/h4-5,8-12,21-22,27H,2-3,6-7,13-20,23-24H2,1H3,(H,32,36). The lowest BCUT2D eigenvalue weighted by molar-refractivity contribution is -0.126. The van der Waals surface area contributed by atoms with Crippen LogP contribution in [0.2, 0.25) is 0 Å². The lowest BCUT2D eigenvalue weighted by Gasteiger charge is -2.31. The maximum Gasteiger partial charge on any atom is 0.223 e. The first-order chi connectivity index (χ1) is 17.7. The minimum Gasteiger partial charge on any atom is -0.355 e. The Morgan fingerprint density at radius 2 is 1.64 bits per heavy atom. The van der Waals surface area contributed by atoms with E-state index < -0.39 is 0 Å². The number of hydrogen-bond acceptors (Lipinski definition) is 3. The fourth-order valence-electron chi connectivity index (χ4n) is 6.00. The Morgan fingerprint density at radius 1 is 0.861 bits per heavy atom. The summed E-state index contributed by atoms with van der Waals surface area (Å²) in [6.45, 7) is 10.1. The molecule has 5 nitrogen and oxygen atoms in total. The van der Waals surface area contributed by atoms with Gasteiger partial charge in [0, 0.05) is 43.3 Å². The van der Waals surface area contributed by atoms with Gasteiger partial charge in [-0.15, -0.1) is 0 Å². The van der Waals surface area contributed by atoms with E-state index in [2.05, 4.69) is 81.2 Å². The number of nitrogens with one attached hydrogen (secondary N) is 1. The van der Waals surface area contributed by atoms with Crippen LogP contribution in [0.25, 0.3) is 10.9 Å². The molecule has 2 fully saturated rings. The zero-order valence-electron chi connectivity index (χ0n) is 21.9. The van der Waals surface area contributed by atoms with Crippen LogP contribution in [-0.4, -0.2) is 59.5 Å². The number of amides is 1. The van der Waals surface area contributed by atoms with Crippen molar-refractivity contribution in [3.8, 4) is 0 Å². The summed E-state index contributed by atoms with van der Waals surface area (Å²) in [6.07, 6.45) is 7.22. The molecule has 2 aromatic carbocycles. The number of likely N-dealkylation sites (tertiary alicyclic amines) is 2. The fraction of sp³-hybridized carbons (Fsp3) is 0.516. The third kappa shape index (κ3) is 6.37. The van der Waals surface area contributed by atoms with E-state index in [-0.39, 0.29) is 11.8 Å². The largest absolute Gasteiger partial charge is 0.355 e. The summed E-state index contributed by atoms with van der Waals surface area (Å²) in [6, 6.07) is 19.9. The highest BCUT2D eigenvalue weighted by molar-refractivity contribution is 5.81. The van der Waals surface area contributed by atoms with Gasteiger partial charge in [-0.25, -0.2) is 0 Å². The number of fused-ring (bicyclic) bond motifs is 1. The molecule has 1 N–H and O–H groups in total. The molecule has 0 spiro atoms. The average Bonchev–Trinajstić information content (AvgIpc) is 3.04. The van der Waals surface area contributed by atoms with Crippen molar-refractivity contribution in [1.82, 2.24) is 19.7 Å². The number of benzene rings is 2. The summed E-state index contributed by atoms with van der Waals surface area (Å²) in [4.78, 5) is 17.9. The molecule has 5 rings (SSSR count). The van der Waals surface area contributed by atoms with Gasteiger partial charge in [0.05, 0.1) is 0 Å². The second kappa shape index (κ2) is 12.1. The van der Waals surface area contributed by atoms with Crippen molar-refractivity contribution < 1.29 is 4.79 Å². The van der Waals surface area contributed by atoms with Gasteiger partial charge in [0.15, 0.2) is 0 Å². The first-order valence-electron chi connectivity index (χ1n) is 14.0. The Hall–Kier alpha value is -2.63. The molecule has 0 unspecified atom stereocenters. The zero-order chi connectivity index (χ0) is 24.7. The number of aromatic nitrogens is 1. The SMILES string of the molecule is Cc1cccc(Cn2c(CN3CCC(C(=O)NCCN4CCCCCC4)CC3)cc3ccccc32)c1. The predicted octanol–water partition coefficient (Wildman–Crippen LogP) is 5.20. The highest BCUT2D eigenvalue weighted by Gasteiger charge is 2.25. The normalized spacial score (nSPS) is 18.4. The maximum atomic E-state index is 12.8. The lowest BCUT2D eigenvalue weighted by atomic mass is 9.96. The van der Waals surface area contributed by atoms with E-state index in [1.165, 1.54) is 66.5 Å². The van der Waals surface area contributed by atoms with Crippen LogP contribution >= 0.6 is 0 Å². The van der Waals surface area contributed by atoms with Crippen LogP contribution in [0, 0.1) is 12.8 Å². The number of aryl methyl sites for hydroxylation is 1. The predicted molar refractivity (Wildman–Crippen MR) is 148 cm³/mol. The van der Waals surface area contributed by atoms with Crippen molar-refractivity contribution in [2.75, 3.05) is 39.3 Å². The van der Waals surface area contributed by atoms with Crippen molar-refractivity contribution in [2.45, 2.75) is 58.5 Å². The molecule has 1 amide bonds. The Bertz CT molecular complexity index is 1140. The summed E-state index contributed by atoms with van der Waals surface area (Å²) in [5, 5.41) is 4.54. The molecule has 2 saturated heterocycles. The van der Waals surface area contributed by atoms with E-state index in [1.54, 1.807) is 0 Å². The smallest absolute Gasteiger partial charge is 0.223 e. The summed E-state index contributed by atoms with van der Waals surface area (Å²) < 4.78 is 2.48. The lowest BCUT2D eigenvalue weighted by Crippen LogP contribution is -2.42. The zero-order valence-corrected chi connectivity index (χ0v) is 21.9. The summed E-state index contributed by atoms with van der Waals surface area (Å²) >= 11 is 0. The second-order valence-electron chi connectivity index (χ2n) is 10.9. The average molecular weight is 487 g/mol. The van der Waals surface area contributed by atoms with Gasteiger partial charge in [0.25, 0.3) is 0 Å². The minimum atomic E-state index is 0.156. The van der Waals surface area contributed by atoms with Crippen LogP contribution in [0.4, 0.5) is 0 Å². The Balaban J connectivity index is 1.15. The molecular formula is C31H42N4O. The quantitative estimate of drug-likeness (QED) is 0.476. The van der Waals surface area contributed by atoms with Gasteiger partial charge in [-0.1, -0.05) is 60.9 Å². The number of nitrogens with zero attached hydrogens (tertiary/aromatic N) is 3. The molecule has 3 heterocycles. The molecule has 2 aliphatic rings. The van der Waals surface area contributed by atoms with Crippen LogP contribution in [-0.2, 0) is 17.9 Å². The molecule has 192 valence electrons. The van der Waals surface area contributed by atoms with Gasteiger partial charge in [-0.2, -0.15) is 0 Å². The van der Waals surface area contributed by atoms with E-state index in [0.29, 0.717) is 0 Å². The molecule has 1 aromatic heterocycles. The molecule has 0 aliphatic carbocycles. The number of rotatable bonds is 8. The highest BCUT2D eigenvalue weighted by Crippen LogP contribution is 2.25. The summed E-state index contributed by atoms with van der Waals surface area (Å²) in [5.41, 5.74) is 5.30. The van der Waals surface area contributed by atoms with Crippen LogP contribution < -0.4 is 5.32 Å². The molecule has 0 saturated carbocycles. The second-order valence-corrected chi connectivity index (χ2v) is 10.9. The van der Waals surface area contributed by atoms with Crippen molar-refractivity contribution in [2.24, 2.45) is 5.92 Å². The Labute approximate surface area is 216 Å². The van der Waals surface area contributed by atoms with Crippen LogP contribution in [0.15, 0.2) is 54.6 Å². The first-order valence-corrected chi connectivity index (χ1v) is 14.0. The van der Waals surface area contributed by atoms with Gasteiger partial charge < -0.3 is 14.8 Å². The minimum absolute atomic E-state index is 0.156. The van der Waals surface area contributed by atoms with Gasteiger partial charge in [-0.3, -0.25) is 9.69 Å². The third-order valence-electron chi connectivity index (χ3n) is 8.09. The van der Waals surface area contributed by atoms with E-state index in [1.807, 2.05) is 0 Å². The van der Waals surface area contributed by atoms with Gasteiger partial charge in [-0.05, 0) is 81.9 Å². The van der Waals surface area contributed by atoms with Crippen LogP contribution in [0.1, 0.15) is 55.3 Å². The number of piperidine rings is 1. The van der Waals surface area contributed by atoms with Crippen molar-refractivity contribution in [3.63, 3.8) is 0 Å². The number of hydrogen-bond donors (Lipinski definition) is 1. The van der Waals surface area contributed by atoms with Crippen molar-refractivity contribution in [1.29, 1.82) is 0 Å². The van der Waals surface area contributed by atoms with E-state index in [4.69, 9.17) is 0 Å². The topological polar surface area (TPSA) is 40.5 Å². The van der Waals surface area contributed by atoms with E-state index in [0.717, 1.165) is 52.1 Å². The molecular weight excluding hydrogens is 444 g/mol. The molecule has 3 aromatic rings. The summed E-state index contributed by atoms with van der Waals surface area (Å²) in [5.74, 6) is 0.418. The number of carbonyl (C=O) groups excluding carboxylic acids is 1. The highest BCUT2D eigenvalue weighted by atomic mass is 16.1. The summed E-state index contributed by atoms with van der Waals surface area (Å²) in [7, 11) is 0. The van der Waals surface area contributed by atoms with Crippen LogP contribution in [0.5, 0.6) is 0 Å². The molecule has 0 radical (unpaired) electrons. The maximum absolute atomic E-state index is 12.8. The number of carbonyl (C=O) groups is 1. The van der Waals surface area contributed by atoms with Crippen LogP contribution in [0.3, 0.4) is 0 Å². The fourth-order valence-corrected chi connectivity index (χ4v) is 6.00. The molecule has 2 aliphatic heterocycles.